The van der Waals surface area contributed by atoms with Crippen molar-refractivity contribution in [2.45, 2.75) is 32.4 Å². The second-order valence-corrected chi connectivity index (χ2v) is 5.40. The minimum Gasteiger partial charge on any atom is -0.352 e. The zero-order chi connectivity index (χ0) is 14.5. The molecule has 0 unspecified atom stereocenters. The van der Waals surface area contributed by atoms with Crippen LogP contribution in [0.2, 0.25) is 0 Å². The Morgan fingerprint density at radius 3 is 2.58 bits per heavy atom. The van der Waals surface area contributed by atoms with Crippen LogP contribution in [-0.4, -0.2) is 12.5 Å². The number of rotatable bonds is 5. The predicted octanol–water partition coefficient (Wildman–Crippen LogP) is 4.23. The summed E-state index contributed by atoms with van der Waals surface area (Å²) in [5.74, 6) is -0.667. The number of hydrogen-bond acceptors (Lipinski definition) is 1. The molecule has 1 rings (SSSR count). The maximum atomic E-state index is 12.8. The average Bonchev–Trinajstić information content (AvgIpc) is 2.33. The van der Waals surface area contributed by atoms with E-state index in [9.17, 15) is 18.0 Å². The minimum atomic E-state index is -4.52. The number of unbranched alkanes of at least 4 members (excludes halogenated alkanes) is 2. The average molecular weight is 385 g/mol. The third kappa shape index (κ3) is 5.00. The number of carbonyl (C=O) groups excluding carboxylic acids is 1. The summed E-state index contributed by atoms with van der Waals surface area (Å²) >= 11 is 1.79. The van der Waals surface area contributed by atoms with Crippen LogP contribution in [0.15, 0.2) is 18.2 Å². The van der Waals surface area contributed by atoms with Gasteiger partial charge in [0, 0.05) is 10.1 Å². The van der Waals surface area contributed by atoms with Gasteiger partial charge >= 0.3 is 6.18 Å². The molecule has 0 bridgehead atoms. The van der Waals surface area contributed by atoms with Crippen molar-refractivity contribution < 1.29 is 18.0 Å². The quantitative estimate of drug-likeness (QED) is 0.597. The molecular weight excluding hydrogens is 370 g/mol. The third-order valence-corrected chi connectivity index (χ3v) is 3.27. The van der Waals surface area contributed by atoms with Crippen LogP contribution in [0.4, 0.5) is 13.2 Å². The summed E-state index contributed by atoms with van der Waals surface area (Å²) in [7, 11) is 0. The summed E-state index contributed by atoms with van der Waals surface area (Å²) in [6.45, 7) is 2.42. The second kappa shape index (κ2) is 7.12. The number of benzene rings is 1. The molecule has 0 atom stereocenters. The Kier molecular flexibility index (Phi) is 6.09. The first-order chi connectivity index (χ1) is 8.86. The van der Waals surface area contributed by atoms with E-state index in [0.717, 1.165) is 25.3 Å². The molecule has 0 fully saturated rings. The van der Waals surface area contributed by atoms with Crippen LogP contribution in [0, 0.1) is 3.57 Å². The van der Waals surface area contributed by atoms with Gasteiger partial charge < -0.3 is 5.32 Å². The summed E-state index contributed by atoms with van der Waals surface area (Å²) < 4.78 is 39.0. The normalized spacial score (nSPS) is 11.4. The summed E-state index contributed by atoms with van der Waals surface area (Å²) in [6.07, 6.45) is -1.81. The molecule has 1 N–H and O–H groups in total. The molecule has 19 heavy (non-hydrogen) atoms. The highest BCUT2D eigenvalue weighted by molar-refractivity contribution is 14.1. The Morgan fingerprint density at radius 2 is 2.00 bits per heavy atom. The standard InChI is InChI=1S/C13H15F3INO/c1-2-3-4-7-18-12(19)10-6-5-9(17)8-11(10)13(14,15)16/h5-6,8H,2-4,7H2,1H3,(H,18,19). The number of halogens is 4. The summed E-state index contributed by atoms with van der Waals surface area (Å²) in [4.78, 5) is 11.8. The first kappa shape index (κ1) is 16.3. The first-order valence-corrected chi connectivity index (χ1v) is 7.09. The van der Waals surface area contributed by atoms with E-state index in [4.69, 9.17) is 0 Å². The van der Waals surface area contributed by atoms with Crippen molar-refractivity contribution in [3.8, 4) is 0 Å². The van der Waals surface area contributed by atoms with Crippen LogP contribution in [0.3, 0.4) is 0 Å². The lowest BCUT2D eigenvalue weighted by atomic mass is 10.1. The van der Waals surface area contributed by atoms with Gasteiger partial charge in [0.05, 0.1) is 11.1 Å². The largest absolute Gasteiger partial charge is 0.417 e. The molecule has 0 saturated heterocycles. The lowest BCUT2D eigenvalue weighted by molar-refractivity contribution is -0.138. The van der Waals surface area contributed by atoms with Crippen molar-refractivity contribution in [3.63, 3.8) is 0 Å². The molecule has 0 aliphatic carbocycles. The first-order valence-electron chi connectivity index (χ1n) is 6.01. The lowest BCUT2D eigenvalue weighted by Gasteiger charge is -2.13. The highest BCUT2D eigenvalue weighted by atomic mass is 127. The van der Waals surface area contributed by atoms with Crippen LogP contribution in [0.1, 0.15) is 42.1 Å². The third-order valence-electron chi connectivity index (χ3n) is 2.60. The van der Waals surface area contributed by atoms with Crippen molar-refractivity contribution in [2.75, 3.05) is 6.54 Å². The van der Waals surface area contributed by atoms with Gasteiger partial charge in [0.2, 0.25) is 0 Å². The van der Waals surface area contributed by atoms with Gasteiger partial charge in [-0.15, -0.1) is 0 Å². The van der Waals surface area contributed by atoms with E-state index in [-0.39, 0.29) is 5.56 Å². The Bertz CT molecular complexity index is 446. The molecule has 0 spiro atoms. The van der Waals surface area contributed by atoms with Gasteiger partial charge in [0.25, 0.3) is 5.91 Å². The smallest absolute Gasteiger partial charge is 0.352 e. The summed E-state index contributed by atoms with van der Waals surface area (Å²) in [5.41, 5.74) is -1.20. The van der Waals surface area contributed by atoms with E-state index in [2.05, 4.69) is 5.32 Å². The van der Waals surface area contributed by atoms with Crippen LogP contribution in [-0.2, 0) is 6.18 Å². The fraction of sp³-hybridized carbons (Fsp3) is 0.462. The van der Waals surface area contributed by atoms with Crippen molar-refractivity contribution in [1.29, 1.82) is 0 Å². The molecule has 1 amide bonds. The van der Waals surface area contributed by atoms with Gasteiger partial charge in [-0.1, -0.05) is 19.8 Å². The van der Waals surface area contributed by atoms with E-state index in [1.807, 2.05) is 6.92 Å². The summed E-state index contributed by atoms with van der Waals surface area (Å²) in [5, 5.41) is 2.52. The van der Waals surface area contributed by atoms with Gasteiger partial charge in [-0.25, -0.2) is 0 Å². The zero-order valence-electron chi connectivity index (χ0n) is 10.5. The van der Waals surface area contributed by atoms with Crippen molar-refractivity contribution in [2.24, 2.45) is 0 Å². The van der Waals surface area contributed by atoms with Gasteiger partial charge in [0.15, 0.2) is 0 Å². The van der Waals surface area contributed by atoms with Gasteiger partial charge in [-0.3, -0.25) is 4.79 Å². The molecule has 0 radical (unpaired) electrons. The molecule has 1 aromatic carbocycles. The van der Waals surface area contributed by atoms with E-state index >= 15 is 0 Å². The van der Waals surface area contributed by atoms with Gasteiger partial charge in [-0.05, 0) is 47.2 Å². The SMILES string of the molecule is CCCCCNC(=O)c1ccc(I)cc1C(F)(F)F. The van der Waals surface area contributed by atoms with Crippen molar-refractivity contribution in [1.82, 2.24) is 5.32 Å². The fourth-order valence-corrected chi connectivity index (χ4v) is 2.11. The molecule has 0 heterocycles. The minimum absolute atomic E-state index is 0.315. The molecular formula is C13H15F3INO. The monoisotopic (exact) mass is 385 g/mol. The van der Waals surface area contributed by atoms with Crippen LogP contribution in [0.25, 0.3) is 0 Å². The predicted molar refractivity (Wildman–Crippen MR) is 76.0 cm³/mol. The fourth-order valence-electron chi connectivity index (χ4n) is 1.62. The van der Waals surface area contributed by atoms with Crippen LogP contribution < -0.4 is 5.32 Å². The molecule has 6 heteroatoms. The van der Waals surface area contributed by atoms with E-state index in [1.54, 1.807) is 22.6 Å². The molecule has 2 nitrogen and oxygen atoms in total. The molecule has 0 saturated carbocycles. The van der Waals surface area contributed by atoms with Gasteiger partial charge in [-0.2, -0.15) is 13.2 Å². The Morgan fingerprint density at radius 1 is 1.32 bits per heavy atom. The highest BCUT2D eigenvalue weighted by Gasteiger charge is 2.35. The van der Waals surface area contributed by atoms with Crippen molar-refractivity contribution >= 4 is 28.5 Å². The lowest BCUT2D eigenvalue weighted by Crippen LogP contribution is -2.27. The molecule has 0 aromatic heterocycles. The summed E-state index contributed by atoms with van der Waals surface area (Å²) in [6, 6.07) is 3.71. The van der Waals surface area contributed by atoms with Gasteiger partial charge in [0.1, 0.15) is 0 Å². The number of amides is 1. The molecule has 0 aliphatic heterocycles. The number of alkyl halides is 3. The number of hydrogen-bond donors (Lipinski definition) is 1. The Balaban J connectivity index is 2.85. The van der Waals surface area contributed by atoms with E-state index in [0.29, 0.717) is 10.1 Å². The Hall–Kier alpha value is -0.790. The van der Waals surface area contributed by atoms with Crippen LogP contribution >= 0.6 is 22.6 Å². The maximum absolute atomic E-state index is 12.8. The highest BCUT2D eigenvalue weighted by Crippen LogP contribution is 2.33. The van der Waals surface area contributed by atoms with Crippen LogP contribution in [0.5, 0.6) is 0 Å². The maximum Gasteiger partial charge on any atom is 0.417 e. The molecule has 106 valence electrons. The molecule has 1 aromatic rings. The second-order valence-electron chi connectivity index (χ2n) is 4.15. The number of carbonyl (C=O) groups is 1. The Labute approximate surface area is 123 Å². The van der Waals surface area contributed by atoms with E-state index < -0.39 is 17.6 Å². The number of nitrogens with one attached hydrogen (secondary N) is 1. The molecule has 0 aliphatic rings. The van der Waals surface area contributed by atoms with Crippen molar-refractivity contribution in [3.05, 3.63) is 32.9 Å². The van der Waals surface area contributed by atoms with E-state index in [1.165, 1.54) is 12.1 Å². The topological polar surface area (TPSA) is 29.1 Å². The zero-order valence-corrected chi connectivity index (χ0v) is 12.6.